The van der Waals surface area contributed by atoms with Crippen LogP contribution in [0.3, 0.4) is 0 Å². The number of hydrogen-bond donors (Lipinski definition) is 2. The van der Waals surface area contributed by atoms with Crippen molar-refractivity contribution in [1.29, 1.82) is 0 Å². The quantitative estimate of drug-likeness (QED) is 0.491. The van der Waals surface area contributed by atoms with Gasteiger partial charge in [0.15, 0.2) is 0 Å². The Morgan fingerprint density at radius 1 is 0.929 bits per heavy atom. The van der Waals surface area contributed by atoms with E-state index in [-0.39, 0.29) is 47.1 Å². The third-order valence-electron chi connectivity index (χ3n) is 6.01. The number of rotatable bonds is 3. The van der Waals surface area contributed by atoms with Crippen molar-refractivity contribution in [1.82, 2.24) is 0 Å². The molecule has 5 rings (SSSR count). The molecule has 3 amide bonds. The Labute approximate surface area is 161 Å². The number of aromatic hydroxyl groups is 1. The van der Waals surface area contributed by atoms with Crippen LogP contribution in [0.1, 0.15) is 16.8 Å². The topological polar surface area (TPSA) is 86.7 Å². The van der Waals surface area contributed by atoms with E-state index in [0.29, 0.717) is 16.9 Å². The number of carbonyl (C=O) groups excluding carboxylic acids is 3. The van der Waals surface area contributed by atoms with Crippen LogP contribution in [0.15, 0.2) is 60.7 Å². The van der Waals surface area contributed by atoms with E-state index in [2.05, 4.69) is 17.5 Å². The van der Waals surface area contributed by atoms with E-state index in [1.165, 1.54) is 11.0 Å². The van der Waals surface area contributed by atoms with Gasteiger partial charge < -0.3 is 10.4 Å². The minimum atomic E-state index is -0.383. The monoisotopic (exact) mass is 374 g/mol. The van der Waals surface area contributed by atoms with Crippen molar-refractivity contribution in [2.24, 2.45) is 23.7 Å². The van der Waals surface area contributed by atoms with Crippen molar-refractivity contribution in [2.45, 2.75) is 6.42 Å². The molecule has 1 saturated carbocycles. The number of anilines is 2. The summed E-state index contributed by atoms with van der Waals surface area (Å²) in [5, 5.41) is 12.4. The van der Waals surface area contributed by atoms with Gasteiger partial charge in [0.2, 0.25) is 11.8 Å². The molecule has 6 nitrogen and oxygen atoms in total. The van der Waals surface area contributed by atoms with E-state index in [4.69, 9.17) is 0 Å². The molecule has 0 radical (unpaired) electrons. The number of nitrogens with zero attached hydrogens (tertiary/aromatic N) is 1. The van der Waals surface area contributed by atoms with Crippen molar-refractivity contribution >= 4 is 29.1 Å². The first-order valence-corrected chi connectivity index (χ1v) is 9.30. The van der Waals surface area contributed by atoms with Crippen LogP contribution in [0.2, 0.25) is 0 Å². The molecule has 2 bridgehead atoms. The second kappa shape index (κ2) is 6.05. The summed E-state index contributed by atoms with van der Waals surface area (Å²) in [5.74, 6) is -0.837. The summed E-state index contributed by atoms with van der Waals surface area (Å²) < 4.78 is 0. The first-order chi connectivity index (χ1) is 13.5. The molecule has 2 fully saturated rings. The van der Waals surface area contributed by atoms with Gasteiger partial charge in [-0.2, -0.15) is 0 Å². The van der Waals surface area contributed by atoms with Crippen LogP contribution >= 0.6 is 0 Å². The van der Waals surface area contributed by atoms with Crippen molar-refractivity contribution in [2.75, 3.05) is 10.2 Å². The molecule has 0 spiro atoms. The second-order valence-electron chi connectivity index (χ2n) is 7.53. The first-order valence-electron chi connectivity index (χ1n) is 9.30. The fourth-order valence-electron chi connectivity index (χ4n) is 4.69. The Bertz CT molecular complexity index is 997. The van der Waals surface area contributed by atoms with Gasteiger partial charge in [0.25, 0.3) is 5.91 Å². The predicted octanol–water partition coefficient (Wildman–Crippen LogP) is 2.96. The molecule has 1 aliphatic heterocycles. The summed E-state index contributed by atoms with van der Waals surface area (Å²) >= 11 is 0. The highest BCUT2D eigenvalue weighted by Gasteiger charge is 2.59. The molecule has 1 heterocycles. The zero-order chi connectivity index (χ0) is 19.4. The molecule has 4 atom stereocenters. The van der Waals surface area contributed by atoms with Crippen molar-refractivity contribution in [3.8, 4) is 5.75 Å². The summed E-state index contributed by atoms with van der Waals surface area (Å²) in [5.41, 5.74) is 1.17. The fourth-order valence-corrected chi connectivity index (χ4v) is 4.69. The molecule has 2 aliphatic carbocycles. The molecular formula is C22H18N2O4. The Kier molecular flexibility index (Phi) is 3.62. The highest BCUT2D eigenvalue weighted by Crippen LogP contribution is 2.53. The molecule has 3 aliphatic rings. The van der Waals surface area contributed by atoms with Gasteiger partial charge in [-0.05, 0) is 54.7 Å². The maximum absolute atomic E-state index is 12.8. The lowest BCUT2D eigenvalue weighted by atomic mass is 9.85. The van der Waals surface area contributed by atoms with Gasteiger partial charge in [0.05, 0.1) is 23.2 Å². The van der Waals surface area contributed by atoms with Gasteiger partial charge in [0.1, 0.15) is 5.75 Å². The van der Waals surface area contributed by atoms with Crippen LogP contribution < -0.4 is 10.2 Å². The van der Waals surface area contributed by atoms with Crippen LogP contribution in [0.25, 0.3) is 0 Å². The molecule has 2 aromatic carbocycles. The van der Waals surface area contributed by atoms with E-state index in [9.17, 15) is 19.5 Å². The van der Waals surface area contributed by atoms with E-state index in [0.717, 1.165) is 6.42 Å². The van der Waals surface area contributed by atoms with Crippen LogP contribution in [-0.4, -0.2) is 22.8 Å². The number of hydrogen-bond acceptors (Lipinski definition) is 4. The minimum Gasteiger partial charge on any atom is -0.506 e. The zero-order valence-electron chi connectivity index (χ0n) is 14.9. The van der Waals surface area contributed by atoms with Gasteiger partial charge in [-0.1, -0.05) is 24.3 Å². The minimum absolute atomic E-state index is 0.0180. The number of carbonyl (C=O) groups is 3. The highest BCUT2D eigenvalue weighted by molar-refractivity contribution is 6.23. The number of fused-ring (bicyclic) bond motifs is 5. The molecule has 0 aromatic heterocycles. The zero-order valence-corrected chi connectivity index (χ0v) is 14.9. The number of allylic oxidation sites excluding steroid dienone is 2. The fraction of sp³-hybridized carbons (Fsp3) is 0.227. The third kappa shape index (κ3) is 2.37. The van der Waals surface area contributed by atoms with Gasteiger partial charge >= 0.3 is 0 Å². The van der Waals surface area contributed by atoms with Gasteiger partial charge in [0, 0.05) is 5.56 Å². The molecule has 28 heavy (non-hydrogen) atoms. The number of nitrogens with one attached hydrogen (secondary N) is 1. The summed E-state index contributed by atoms with van der Waals surface area (Å²) in [6, 6.07) is 12.9. The Morgan fingerprint density at radius 2 is 1.54 bits per heavy atom. The summed E-state index contributed by atoms with van der Waals surface area (Å²) in [6.45, 7) is 0. The van der Waals surface area contributed by atoms with Crippen LogP contribution in [-0.2, 0) is 9.59 Å². The number of phenolic OH excluding ortho intramolecular Hbond substituents is 1. The lowest BCUT2D eigenvalue weighted by Crippen LogP contribution is -2.32. The van der Waals surface area contributed by atoms with Gasteiger partial charge in [-0.25, -0.2) is 0 Å². The lowest BCUT2D eigenvalue weighted by molar-refractivity contribution is -0.123. The highest BCUT2D eigenvalue weighted by atomic mass is 16.3. The molecule has 0 unspecified atom stereocenters. The number of para-hydroxylation sites is 2. The predicted molar refractivity (Wildman–Crippen MR) is 103 cm³/mol. The van der Waals surface area contributed by atoms with Crippen molar-refractivity contribution in [3.63, 3.8) is 0 Å². The van der Waals surface area contributed by atoms with E-state index in [1.54, 1.807) is 42.5 Å². The second-order valence-corrected chi connectivity index (χ2v) is 7.53. The molecular weight excluding hydrogens is 356 g/mol. The standard InChI is InChI=1S/C22H18N2O4/c25-17-4-2-1-3-16(17)23-20(26)12-7-9-15(10-8-12)24-21(27)18-13-5-6-14(11-13)19(18)22(24)28/h1-10,13-14,18-19,25H,11H2,(H,23,26)/t13-,14-,18+,19+/m0/s1. The first kappa shape index (κ1) is 16.7. The SMILES string of the molecule is O=C(Nc1ccccc1O)c1ccc(N2C(=O)[C@H]3[C@H](C2=O)[C@H]2C=C[C@H]3C2)cc1. The summed E-state index contributed by atoms with van der Waals surface area (Å²) in [6.07, 6.45) is 5.02. The van der Waals surface area contributed by atoms with Crippen LogP contribution in [0.5, 0.6) is 5.75 Å². The number of amides is 3. The maximum Gasteiger partial charge on any atom is 0.255 e. The largest absolute Gasteiger partial charge is 0.506 e. The number of benzene rings is 2. The average Bonchev–Trinajstić information content (AvgIpc) is 3.38. The lowest BCUT2D eigenvalue weighted by Gasteiger charge is -2.17. The van der Waals surface area contributed by atoms with Gasteiger partial charge in [-0.3, -0.25) is 19.3 Å². The van der Waals surface area contributed by atoms with Crippen LogP contribution in [0, 0.1) is 23.7 Å². The van der Waals surface area contributed by atoms with E-state index >= 15 is 0 Å². The molecule has 1 saturated heterocycles. The van der Waals surface area contributed by atoms with E-state index in [1.807, 2.05) is 0 Å². The molecule has 140 valence electrons. The maximum atomic E-state index is 12.8. The van der Waals surface area contributed by atoms with Crippen molar-refractivity contribution < 1.29 is 19.5 Å². The normalized spacial score (nSPS) is 27.4. The summed E-state index contributed by atoms with van der Waals surface area (Å²) in [7, 11) is 0. The average molecular weight is 374 g/mol. The number of phenols is 1. The summed E-state index contributed by atoms with van der Waals surface area (Å²) in [4.78, 5) is 39.4. The van der Waals surface area contributed by atoms with Crippen molar-refractivity contribution in [3.05, 3.63) is 66.2 Å². The van der Waals surface area contributed by atoms with E-state index < -0.39 is 0 Å². The molecule has 2 N–H and O–H groups in total. The van der Waals surface area contributed by atoms with Crippen LogP contribution in [0.4, 0.5) is 11.4 Å². The Morgan fingerprint density at radius 3 is 2.14 bits per heavy atom. The third-order valence-corrected chi connectivity index (χ3v) is 6.01. The number of imide groups is 1. The Balaban J connectivity index is 1.36. The van der Waals surface area contributed by atoms with Gasteiger partial charge in [-0.15, -0.1) is 0 Å². The molecule has 2 aromatic rings. The molecule has 6 heteroatoms. The smallest absolute Gasteiger partial charge is 0.255 e. The Hall–Kier alpha value is -3.41.